The standard InChI is InChI=1S/C16H16N4O2.C16H18N4O.2C15H17N5O2.C15H19N5O/c21-15(18-14-5-1-2-9-17-14)6-3-4-11-7-8-12-13(10-11)19-20-16(12)22;21-16-13-8-7-12(11-14(13)19-20-16)5-1-3-9-17-15-6-2-4-10-18-15;1-20-8-14(17-9-20)16-5-4-11(21)6-10-2-3-12-13(7-10)18-19-15(12)22;1-20-8-13(16-9-20)17-14(21)4-2-3-10-5-6-11-12(7-10)18-19-15(11)22;1-20-9-14(17-10-20)16-7-3-2-4-11-5-6-12-13(8-11)18-19-15(12)21/h1-2,5,7-10H,3-4,6H2,(H,17,18,21)(H2,19,20,22);2,4,6-8,10-11H,1,3,5,9H2,(H,17,18)(H2,19,20,21);2-3,7-9,16H,4-6H2,1H3,(H2,18,19,22);5-9H,2-4H2,1H3,(H,17,21)(H2,18,19,22);5-6,8-10,16H,2-4,7H2,1H3,(H2,18,19,21). The van der Waals surface area contributed by atoms with Crippen molar-refractivity contribution in [2.24, 2.45) is 21.1 Å². The summed E-state index contributed by atoms with van der Waals surface area (Å²) in [4.78, 5) is 113. The molecule has 10 aromatic heterocycles. The van der Waals surface area contributed by atoms with Gasteiger partial charge in [-0.1, -0.05) is 42.5 Å². The summed E-state index contributed by atoms with van der Waals surface area (Å²) in [5.41, 5.74) is 9.14. The average molecular weight is 1460 g/mol. The molecule has 15 rings (SSSR count). The summed E-state index contributed by atoms with van der Waals surface area (Å²) >= 11 is 0. The highest BCUT2D eigenvalue weighted by atomic mass is 16.2. The van der Waals surface area contributed by atoms with Gasteiger partial charge in [-0.3, -0.25) is 89.3 Å². The molecule has 0 aliphatic rings. The Bertz CT molecular complexity index is 5720. The number of fused-ring (bicyclic) bond motifs is 5. The van der Waals surface area contributed by atoms with Crippen molar-refractivity contribution in [2.75, 3.05) is 46.2 Å². The summed E-state index contributed by atoms with van der Waals surface area (Å²) in [7, 11) is 5.70. The van der Waals surface area contributed by atoms with E-state index in [2.05, 4.69) is 102 Å². The van der Waals surface area contributed by atoms with E-state index in [0.29, 0.717) is 60.0 Å². The third-order valence-electron chi connectivity index (χ3n) is 17.4. The predicted molar refractivity (Wildman–Crippen MR) is 421 cm³/mol. The highest BCUT2D eigenvalue weighted by Gasteiger charge is 2.12. The molecule has 0 unspecified atom stereocenters. The summed E-state index contributed by atoms with van der Waals surface area (Å²) in [6, 6.07) is 39.8. The number of pyridine rings is 2. The van der Waals surface area contributed by atoms with Crippen LogP contribution in [0.25, 0.3) is 54.5 Å². The van der Waals surface area contributed by atoms with Crippen LogP contribution in [0.4, 0.5) is 29.1 Å². The Morgan fingerprint density at radius 3 is 1.04 bits per heavy atom. The molecule has 15 N–H and O–H groups in total. The molecule has 558 valence electrons. The van der Waals surface area contributed by atoms with Crippen molar-refractivity contribution in [3.05, 3.63) is 257 Å². The van der Waals surface area contributed by atoms with Crippen molar-refractivity contribution in [3.63, 3.8) is 0 Å². The summed E-state index contributed by atoms with van der Waals surface area (Å²) in [6.07, 6.45) is 25.2. The molecule has 0 saturated carbocycles. The number of unbranched alkanes of at least 4 members (excludes halogenated alkanes) is 2. The van der Waals surface area contributed by atoms with Crippen LogP contribution in [0, 0.1) is 0 Å². The van der Waals surface area contributed by atoms with Crippen molar-refractivity contribution in [1.82, 2.24) is 89.6 Å². The van der Waals surface area contributed by atoms with Crippen LogP contribution < -0.4 is 54.4 Å². The highest BCUT2D eigenvalue weighted by molar-refractivity contribution is 5.90. The van der Waals surface area contributed by atoms with Gasteiger partial charge in [0, 0.05) is 97.4 Å². The molecule has 0 saturated heterocycles. The largest absolute Gasteiger partial charge is 0.370 e. The van der Waals surface area contributed by atoms with Crippen molar-refractivity contribution < 1.29 is 14.4 Å². The van der Waals surface area contributed by atoms with Crippen LogP contribution in [0.3, 0.4) is 0 Å². The number of amides is 2. The van der Waals surface area contributed by atoms with E-state index in [1.54, 1.807) is 72.5 Å². The third-order valence-corrected chi connectivity index (χ3v) is 17.4. The van der Waals surface area contributed by atoms with Crippen LogP contribution in [-0.4, -0.2) is 127 Å². The van der Waals surface area contributed by atoms with Crippen molar-refractivity contribution in [2.45, 2.75) is 89.9 Å². The minimum absolute atomic E-state index is 0.0465. The monoisotopic (exact) mass is 1460 g/mol. The smallest absolute Gasteiger partial charge is 0.271 e. The molecule has 5 aromatic carbocycles. The zero-order valence-corrected chi connectivity index (χ0v) is 60.1. The van der Waals surface area contributed by atoms with Crippen LogP contribution in [0.15, 0.2) is 201 Å². The Hall–Kier alpha value is -13.6. The lowest BCUT2D eigenvalue weighted by atomic mass is 10.1. The number of aromatic nitrogens is 18. The van der Waals surface area contributed by atoms with Gasteiger partial charge < -0.3 is 40.3 Å². The molecule has 31 nitrogen and oxygen atoms in total. The first-order valence-corrected chi connectivity index (χ1v) is 35.6. The fourth-order valence-corrected chi connectivity index (χ4v) is 11.8. The number of aryl methyl sites for hydroxylation is 7. The van der Waals surface area contributed by atoms with Gasteiger partial charge in [0.25, 0.3) is 27.8 Å². The number of anilines is 5. The first kappa shape index (κ1) is 75.5. The number of hydrogen-bond acceptors (Lipinski definition) is 16. The van der Waals surface area contributed by atoms with Crippen LogP contribution in [0.1, 0.15) is 85.6 Å². The Labute approximate surface area is 616 Å². The first-order chi connectivity index (χ1) is 52.5. The summed E-state index contributed by atoms with van der Waals surface area (Å²) in [5, 5.41) is 45.7. The van der Waals surface area contributed by atoms with E-state index in [9.17, 15) is 38.4 Å². The third kappa shape index (κ3) is 22.5. The van der Waals surface area contributed by atoms with Crippen LogP contribution in [-0.2, 0) is 67.6 Å². The molecule has 108 heavy (non-hydrogen) atoms. The molecular formula is C77H87N23O8. The van der Waals surface area contributed by atoms with E-state index in [1.807, 2.05) is 140 Å². The van der Waals surface area contributed by atoms with Gasteiger partial charge in [0.15, 0.2) is 5.82 Å². The molecule has 0 bridgehead atoms. The molecule has 10 heterocycles. The second-order valence-corrected chi connectivity index (χ2v) is 26.0. The maximum atomic E-state index is 12.0. The van der Waals surface area contributed by atoms with Gasteiger partial charge in [-0.25, -0.2) is 24.9 Å². The van der Waals surface area contributed by atoms with Gasteiger partial charge in [0.2, 0.25) is 11.8 Å². The number of imidazole rings is 3. The summed E-state index contributed by atoms with van der Waals surface area (Å²) < 4.78 is 5.55. The molecular weight excluding hydrogens is 1370 g/mol. The maximum absolute atomic E-state index is 12.0. The van der Waals surface area contributed by atoms with E-state index < -0.39 is 0 Å². The number of nitrogens with zero attached hydrogens (tertiary/aromatic N) is 8. The van der Waals surface area contributed by atoms with Gasteiger partial charge in [0.05, 0.1) is 73.5 Å². The molecule has 2 amide bonds. The minimum Gasteiger partial charge on any atom is -0.370 e. The minimum atomic E-state index is -0.146. The number of benzene rings is 5. The quantitative estimate of drug-likeness (QED) is 0.0203. The number of aromatic amines is 10. The number of carbonyl (C=O) groups excluding carboxylic acids is 3. The number of hydrogen-bond donors (Lipinski definition) is 15. The normalized spacial score (nSPS) is 10.9. The number of ketones is 1. The van der Waals surface area contributed by atoms with Crippen molar-refractivity contribution in [1.29, 1.82) is 0 Å². The molecule has 15 aromatic rings. The second kappa shape index (κ2) is 37.7. The Morgan fingerprint density at radius 1 is 0.333 bits per heavy atom. The van der Waals surface area contributed by atoms with Gasteiger partial charge in [-0.2, -0.15) is 0 Å². The van der Waals surface area contributed by atoms with E-state index >= 15 is 0 Å². The predicted octanol–water partition coefficient (Wildman–Crippen LogP) is 9.68. The molecule has 0 spiro atoms. The maximum Gasteiger partial charge on any atom is 0.271 e. The van der Waals surface area contributed by atoms with E-state index in [-0.39, 0.29) is 45.4 Å². The Morgan fingerprint density at radius 2 is 0.667 bits per heavy atom. The van der Waals surface area contributed by atoms with E-state index in [0.717, 1.165) is 150 Å². The van der Waals surface area contributed by atoms with E-state index in [4.69, 9.17) is 0 Å². The summed E-state index contributed by atoms with van der Waals surface area (Å²) in [6.45, 7) is 2.39. The van der Waals surface area contributed by atoms with Crippen LogP contribution in [0.2, 0.25) is 0 Å². The number of Topliss-reactive ketones (excluding diaryl/α,β-unsaturated/α-hetero) is 1. The Kier molecular flexibility index (Phi) is 26.4. The summed E-state index contributed by atoms with van der Waals surface area (Å²) in [5.74, 6) is 3.79. The second-order valence-electron chi connectivity index (χ2n) is 26.0. The lowest BCUT2D eigenvalue weighted by molar-refractivity contribution is -0.118. The van der Waals surface area contributed by atoms with Gasteiger partial charge >= 0.3 is 0 Å². The number of carbonyl (C=O) groups is 3. The zero-order valence-electron chi connectivity index (χ0n) is 60.1. The fraction of sp³-hybridized carbons (Fsp3) is 0.260. The number of nitrogens with one attached hydrogen (secondary N) is 15. The lowest BCUT2D eigenvalue weighted by Crippen LogP contribution is -2.12. The average Bonchev–Trinajstić information content (AvgIpc) is 1.74. The SMILES string of the molecule is Cn1cnc(NC(=O)CCCc2ccc3c(=O)[nH][nH]c3c2)c1.Cn1cnc(NCCC(=O)Cc2ccc3c(=O)[nH][nH]c3c2)c1.Cn1cnc(NCCCCc2ccc3c(=O)[nH][nH]c3c2)c1.O=C(CCCc1ccc2c(=O)[nH][nH]c2c1)Nc1ccccn1.O=c1[nH][nH]c2cc(CCCCNc3ccccn3)ccc12. The number of rotatable bonds is 28. The first-order valence-electron chi connectivity index (χ1n) is 35.6. The molecule has 0 aliphatic carbocycles. The van der Waals surface area contributed by atoms with Crippen LogP contribution in [0.5, 0.6) is 0 Å². The molecule has 0 aliphatic heterocycles. The zero-order chi connectivity index (χ0) is 75.6. The highest BCUT2D eigenvalue weighted by Crippen LogP contribution is 2.19. The molecule has 0 fully saturated rings. The van der Waals surface area contributed by atoms with Gasteiger partial charge in [0.1, 0.15) is 29.1 Å². The van der Waals surface area contributed by atoms with E-state index in [1.165, 1.54) is 11.1 Å². The lowest BCUT2D eigenvalue weighted by Gasteiger charge is -2.05. The number of H-pyrrole nitrogens is 10. The van der Waals surface area contributed by atoms with Crippen molar-refractivity contribution >= 4 is 101 Å². The van der Waals surface area contributed by atoms with Crippen LogP contribution >= 0.6 is 0 Å². The topological polar surface area (TPSA) is 434 Å². The van der Waals surface area contributed by atoms with Gasteiger partial charge in [-0.05, 0) is 177 Å². The van der Waals surface area contributed by atoms with Crippen molar-refractivity contribution in [3.8, 4) is 0 Å². The fourth-order valence-electron chi connectivity index (χ4n) is 11.8. The molecule has 31 heteroatoms. The Balaban J connectivity index is 0.000000134. The molecule has 0 radical (unpaired) electrons. The van der Waals surface area contributed by atoms with Gasteiger partial charge in [-0.15, -0.1) is 0 Å². The molecule has 0 atom stereocenters.